The van der Waals surface area contributed by atoms with Crippen LogP contribution in [0.5, 0.6) is 5.75 Å². The van der Waals surface area contributed by atoms with Crippen molar-refractivity contribution in [1.29, 1.82) is 0 Å². The second-order valence-corrected chi connectivity index (χ2v) is 11.1. The fourth-order valence-electron chi connectivity index (χ4n) is 6.50. The number of cyclic esters (lactones) is 1. The van der Waals surface area contributed by atoms with E-state index in [0.29, 0.717) is 45.4 Å². The number of hydrogen-bond donors (Lipinski definition) is 1. The standard InChI is InChI=1S/C31H24FN3O9/c1-3-31(39)20-10-23-27-18(12-34(23)28(36)19(20)13-42-29(31)37)26-24(9-8-17-14(2)21(32)11-22(33-27)25(17)26)44-30(38)43-16-6-4-15(5-7-16)35(40)41/h4-7,10-11,24,39H,3,8-9,12-13H2,1-2H3/t24?,31-/m0/s1. The number of nitro groups is 1. The first-order chi connectivity index (χ1) is 21.0. The van der Waals surface area contributed by atoms with Gasteiger partial charge in [0.2, 0.25) is 0 Å². The lowest BCUT2D eigenvalue weighted by molar-refractivity contribution is -0.384. The molecule has 0 amide bonds. The number of rotatable bonds is 4. The van der Waals surface area contributed by atoms with E-state index >= 15 is 4.39 Å². The zero-order valence-electron chi connectivity index (χ0n) is 23.5. The summed E-state index contributed by atoms with van der Waals surface area (Å²) in [5, 5.41) is 22.8. The molecule has 2 aromatic heterocycles. The van der Waals surface area contributed by atoms with Crippen molar-refractivity contribution in [2.75, 3.05) is 0 Å². The molecule has 2 atom stereocenters. The van der Waals surface area contributed by atoms with Crippen LogP contribution in [-0.4, -0.2) is 31.7 Å². The highest BCUT2D eigenvalue weighted by Crippen LogP contribution is 2.47. The summed E-state index contributed by atoms with van der Waals surface area (Å²) >= 11 is 0. The summed E-state index contributed by atoms with van der Waals surface area (Å²) in [5.41, 5.74) is 0.960. The Labute approximate surface area is 247 Å². The van der Waals surface area contributed by atoms with Gasteiger partial charge in [-0.05, 0) is 55.5 Å². The first-order valence-corrected chi connectivity index (χ1v) is 14.0. The number of non-ortho nitro benzene ring substituents is 1. The molecule has 7 rings (SSSR count). The molecule has 3 aliphatic rings. The lowest BCUT2D eigenvalue weighted by atomic mass is 9.82. The van der Waals surface area contributed by atoms with Gasteiger partial charge in [0.05, 0.1) is 33.9 Å². The molecule has 1 unspecified atom stereocenters. The zero-order chi connectivity index (χ0) is 31.1. The summed E-state index contributed by atoms with van der Waals surface area (Å²) in [6.45, 7) is 3.04. The minimum Gasteiger partial charge on any atom is -0.458 e. The summed E-state index contributed by atoms with van der Waals surface area (Å²) in [7, 11) is 0. The predicted molar refractivity (Wildman–Crippen MR) is 150 cm³/mol. The Morgan fingerprint density at radius 3 is 2.68 bits per heavy atom. The third-order valence-corrected chi connectivity index (χ3v) is 8.81. The predicted octanol–water partition coefficient (Wildman–Crippen LogP) is 4.64. The molecule has 2 aliphatic heterocycles. The van der Waals surface area contributed by atoms with Crippen molar-refractivity contribution in [2.24, 2.45) is 0 Å². The van der Waals surface area contributed by atoms with E-state index in [9.17, 15) is 29.6 Å². The molecule has 0 saturated heterocycles. The SMILES string of the molecule is CC[C@@]1(O)C(=O)OCc2c1cc1n(c2=O)Cc2c-1nc1cc(F)c(C)c3c1c2C(OC(=O)Oc1ccc([N+](=O)[O-])cc1)CC3. The molecule has 0 spiro atoms. The van der Waals surface area contributed by atoms with E-state index in [-0.39, 0.29) is 48.6 Å². The van der Waals surface area contributed by atoms with Crippen LogP contribution in [0.3, 0.4) is 0 Å². The molecule has 1 N–H and O–H groups in total. The van der Waals surface area contributed by atoms with Gasteiger partial charge in [0.15, 0.2) is 5.60 Å². The number of aromatic nitrogens is 2. The topological polar surface area (TPSA) is 160 Å². The molecule has 13 heteroatoms. The first-order valence-electron chi connectivity index (χ1n) is 14.0. The molecule has 12 nitrogen and oxygen atoms in total. The smallest absolute Gasteiger partial charge is 0.458 e. The fraction of sp³-hybridized carbons (Fsp3) is 0.290. The molecular formula is C31H24FN3O9. The number of nitro benzene ring substituents is 1. The van der Waals surface area contributed by atoms with E-state index in [1.54, 1.807) is 19.9 Å². The Morgan fingerprint density at radius 2 is 1.98 bits per heavy atom. The number of nitrogens with zero attached hydrogens (tertiary/aromatic N) is 3. The summed E-state index contributed by atoms with van der Waals surface area (Å²) in [5.74, 6) is -1.25. The van der Waals surface area contributed by atoms with E-state index in [1.807, 2.05) is 0 Å². The van der Waals surface area contributed by atoms with Gasteiger partial charge in [-0.15, -0.1) is 0 Å². The maximum atomic E-state index is 15.1. The molecule has 224 valence electrons. The molecule has 0 fully saturated rings. The van der Waals surface area contributed by atoms with Crippen LogP contribution in [-0.2, 0) is 39.4 Å². The summed E-state index contributed by atoms with van der Waals surface area (Å²) in [6.07, 6.45) is -1.25. The van der Waals surface area contributed by atoms with Gasteiger partial charge in [0.1, 0.15) is 24.3 Å². The van der Waals surface area contributed by atoms with Crippen molar-refractivity contribution in [3.8, 4) is 17.1 Å². The third-order valence-electron chi connectivity index (χ3n) is 8.81. The number of ether oxygens (including phenoxy) is 3. The highest BCUT2D eigenvalue weighted by Gasteiger charge is 2.46. The van der Waals surface area contributed by atoms with E-state index < -0.39 is 40.1 Å². The normalized spacial score (nSPS) is 19.5. The molecule has 4 aromatic rings. The molecule has 44 heavy (non-hydrogen) atoms. The third kappa shape index (κ3) is 3.92. The molecule has 1 aliphatic carbocycles. The fourth-order valence-corrected chi connectivity index (χ4v) is 6.50. The maximum absolute atomic E-state index is 15.1. The quantitative estimate of drug-likeness (QED) is 0.133. The van der Waals surface area contributed by atoms with Crippen molar-refractivity contribution >= 4 is 28.7 Å². The number of benzene rings is 2. The van der Waals surface area contributed by atoms with Crippen LogP contribution >= 0.6 is 0 Å². The minimum absolute atomic E-state index is 0.0222. The zero-order valence-corrected chi connectivity index (χ0v) is 23.5. The van der Waals surface area contributed by atoms with Gasteiger partial charge in [0, 0.05) is 40.3 Å². The van der Waals surface area contributed by atoms with Crippen molar-refractivity contribution in [3.05, 3.63) is 96.1 Å². The molecular weight excluding hydrogens is 577 g/mol. The van der Waals surface area contributed by atoms with Gasteiger partial charge >= 0.3 is 12.1 Å². The van der Waals surface area contributed by atoms with Crippen molar-refractivity contribution in [3.63, 3.8) is 0 Å². The van der Waals surface area contributed by atoms with Crippen molar-refractivity contribution in [1.82, 2.24) is 9.55 Å². The first kappa shape index (κ1) is 27.7. The highest BCUT2D eigenvalue weighted by atomic mass is 19.1. The number of carbonyl (C=O) groups excluding carboxylic acids is 2. The number of halogens is 1. The van der Waals surface area contributed by atoms with Crippen LogP contribution in [0.15, 0.2) is 41.2 Å². The Balaban J connectivity index is 1.36. The van der Waals surface area contributed by atoms with Crippen LogP contribution in [0.1, 0.15) is 59.3 Å². The molecule has 2 aromatic carbocycles. The highest BCUT2D eigenvalue weighted by molar-refractivity contribution is 5.93. The Hall–Kier alpha value is -5.17. The largest absolute Gasteiger partial charge is 0.514 e. The number of carbonyl (C=O) groups is 2. The molecule has 0 bridgehead atoms. The Morgan fingerprint density at radius 1 is 1.23 bits per heavy atom. The molecule has 0 saturated carbocycles. The molecule has 0 radical (unpaired) electrons. The van der Waals surface area contributed by atoms with E-state index in [2.05, 4.69) is 0 Å². The van der Waals surface area contributed by atoms with Gasteiger partial charge in [-0.2, -0.15) is 0 Å². The van der Waals surface area contributed by atoms with Gasteiger partial charge in [-0.25, -0.2) is 19.0 Å². The van der Waals surface area contributed by atoms with Gasteiger partial charge in [-0.3, -0.25) is 14.9 Å². The lowest BCUT2D eigenvalue weighted by Crippen LogP contribution is -2.44. The van der Waals surface area contributed by atoms with Gasteiger partial charge in [-0.1, -0.05) is 6.92 Å². The number of pyridine rings is 2. The number of aryl methyl sites for hydroxylation is 1. The number of esters is 1. The van der Waals surface area contributed by atoms with Gasteiger partial charge in [0.25, 0.3) is 11.2 Å². The summed E-state index contributed by atoms with van der Waals surface area (Å²) < 4.78 is 32.8. The van der Waals surface area contributed by atoms with E-state index in [1.165, 1.54) is 34.9 Å². The van der Waals surface area contributed by atoms with Crippen LogP contribution in [0.4, 0.5) is 14.9 Å². The summed E-state index contributed by atoms with van der Waals surface area (Å²) in [6, 6.07) is 7.81. The second kappa shape index (κ2) is 9.67. The summed E-state index contributed by atoms with van der Waals surface area (Å²) in [4.78, 5) is 54.4. The number of hydrogen-bond acceptors (Lipinski definition) is 10. The second-order valence-electron chi connectivity index (χ2n) is 11.1. The lowest BCUT2D eigenvalue weighted by Gasteiger charge is -2.31. The number of fused-ring (bicyclic) bond motifs is 5. The number of aliphatic hydroxyl groups is 1. The van der Waals surface area contributed by atoms with Crippen LogP contribution in [0, 0.1) is 22.9 Å². The average Bonchev–Trinajstić information content (AvgIpc) is 3.37. The van der Waals surface area contributed by atoms with Crippen LogP contribution in [0.2, 0.25) is 0 Å². The Kier molecular flexibility index (Phi) is 6.08. The minimum atomic E-state index is -2.01. The maximum Gasteiger partial charge on any atom is 0.514 e. The average molecular weight is 602 g/mol. The van der Waals surface area contributed by atoms with Gasteiger partial charge < -0.3 is 23.9 Å². The van der Waals surface area contributed by atoms with E-state index in [4.69, 9.17) is 19.2 Å². The van der Waals surface area contributed by atoms with Crippen LogP contribution < -0.4 is 10.3 Å². The van der Waals surface area contributed by atoms with Crippen molar-refractivity contribution < 1.29 is 38.2 Å². The Bertz CT molecular complexity index is 2020. The monoisotopic (exact) mass is 601 g/mol. The van der Waals surface area contributed by atoms with E-state index in [0.717, 1.165) is 5.56 Å². The molecule has 4 heterocycles. The van der Waals surface area contributed by atoms with Crippen molar-refractivity contribution in [2.45, 2.75) is 58.0 Å². The van der Waals surface area contributed by atoms with Crippen LogP contribution in [0.25, 0.3) is 22.3 Å².